The number of nitrogens with zero attached hydrogens (tertiary/aromatic N) is 2. The Balaban J connectivity index is 1.69. The Morgan fingerprint density at radius 2 is 1.91 bits per heavy atom. The number of amides is 2. The Hall–Kier alpha value is -1.93. The first kappa shape index (κ1) is 15.9. The van der Waals surface area contributed by atoms with Crippen LogP contribution in [0.1, 0.15) is 23.2 Å². The van der Waals surface area contributed by atoms with E-state index in [1.165, 1.54) is 12.1 Å². The Kier molecular flexibility index (Phi) is 4.11. The van der Waals surface area contributed by atoms with Crippen molar-refractivity contribution in [1.29, 1.82) is 0 Å². The SMILES string of the molecule is CN1CCC(NC(=O)CN2C(=O)c3ccccc3S2(=O)=O)CC1. The van der Waals surface area contributed by atoms with Crippen molar-refractivity contribution in [2.24, 2.45) is 0 Å². The number of hydrogen-bond donors (Lipinski definition) is 1. The van der Waals surface area contributed by atoms with Crippen molar-refractivity contribution in [1.82, 2.24) is 14.5 Å². The van der Waals surface area contributed by atoms with Crippen molar-refractivity contribution >= 4 is 21.8 Å². The van der Waals surface area contributed by atoms with Gasteiger partial charge in [0.15, 0.2) is 0 Å². The smallest absolute Gasteiger partial charge is 0.269 e. The highest BCUT2D eigenvalue weighted by atomic mass is 32.2. The number of benzene rings is 1. The third-order valence-electron chi connectivity index (χ3n) is 4.28. The minimum absolute atomic E-state index is 0.0292. The van der Waals surface area contributed by atoms with Crippen LogP contribution in [0, 0.1) is 0 Å². The fourth-order valence-corrected chi connectivity index (χ4v) is 4.47. The first-order valence-corrected chi connectivity index (χ1v) is 8.97. The summed E-state index contributed by atoms with van der Waals surface area (Å²) in [5.74, 6) is -1.08. The van der Waals surface area contributed by atoms with Crippen LogP contribution in [0.3, 0.4) is 0 Å². The summed E-state index contributed by atoms with van der Waals surface area (Å²) in [6.45, 7) is 1.30. The molecule has 0 bridgehead atoms. The van der Waals surface area contributed by atoms with Crippen molar-refractivity contribution in [2.45, 2.75) is 23.8 Å². The normalized spacial score (nSPS) is 21.3. The molecule has 3 rings (SSSR count). The largest absolute Gasteiger partial charge is 0.352 e. The number of rotatable bonds is 3. The Bertz CT molecular complexity index is 739. The third kappa shape index (κ3) is 2.96. The van der Waals surface area contributed by atoms with Gasteiger partial charge in [0.1, 0.15) is 11.4 Å². The summed E-state index contributed by atoms with van der Waals surface area (Å²) in [6.07, 6.45) is 1.65. The molecule has 7 nitrogen and oxygen atoms in total. The highest BCUT2D eigenvalue weighted by Crippen LogP contribution is 2.29. The lowest BCUT2D eigenvalue weighted by Crippen LogP contribution is -2.47. The van der Waals surface area contributed by atoms with Crippen LogP contribution < -0.4 is 5.32 Å². The van der Waals surface area contributed by atoms with E-state index in [-0.39, 0.29) is 16.5 Å². The van der Waals surface area contributed by atoms with Gasteiger partial charge < -0.3 is 10.2 Å². The van der Waals surface area contributed by atoms with Gasteiger partial charge in [-0.2, -0.15) is 0 Å². The fourth-order valence-electron chi connectivity index (χ4n) is 2.94. The van der Waals surface area contributed by atoms with Crippen molar-refractivity contribution in [3.8, 4) is 0 Å². The van der Waals surface area contributed by atoms with Gasteiger partial charge in [0, 0.05) is 6.04 Å². The molecule has 0 saturated carbocycles. The fraction of sp³-hybridized carbons (Fsp3) is 0.467. The molecular formula is C15H19N3O4S. The van der Waals surface area contributed by atoms with E-state index in [0.29, 0.717) is 4.31 Å². The van der Waals surface area contributed by atoms with E-state index in [9.17, 15) is 18.0 Å². The van der Waals surface area contributed by atoms with Gasteiger partial charge in [-0.15, -0.1) is 0 Å². The van der Waals surface area contributed by atoms with Crippen LogP contribution in [0.15, 0.2) is 29.2 Å². The van der Waals surface area contributed by atoms with Crippen molar-refractivity contribution in [2.75, 3.05) is 26.7 Å². The highest BCUT2D eigenvalue weighted by Gasteiger charge is 2.41. The number of likely N-dealkylation sites (tertiary alicyclic amines) is 1. The maximum absolute atomic E-state index is 12.4. The van der Waals surface area contributed by atoms with Crippen LogP contribution in [0.25, 0.3) is 0 Å². The zero-order chi connectivity index (χ0) is 16.6. The number of sulfonamides is 1. The second kappa shape index (κ2) is 5.93. The summed E-state index contributed by atoms with van der Waals surface area (Å²) in [6, 6.07) is 6.04. The van der Waals surface area contributed by atoms with E-state index < -0.39 is 28.4 Å². The van der Waals surface area contributed by atoms with Gasteiger partial charge in [0.05, 0.1) is 5.56 Å². The molecule has 2 amide bonds. The average molecular weight is 337 g/mol. The first-order valence-electron chi connectivity index (χ1n) is 7.53. The number of piperidine rings is 1. The Morgan fingerprint density at radius 3 is 2.57 bits per heavy atom. The first-order chi connectivity index (χ1) is 10.9. The maximum atomic E-state index is 12.4. The molecule has 0 unspecified atom stereocenters. The molecule has 8 heteroatoms. The molecule has 1 aromatic carbocycles. The highest BCUT2D eigenvalue weighted by molar-refractivity contribution is 7.90. The monoisotopic (exact) mass is 337 g/mol. The summed E-state index contributed by atoms with van der Waals surface area (Å²) in [4.78, 5) is 26.5. The standard InChI is InChI=1S/C15H19N3O4S/c1-17-8-6-11(7-9-17)16-14(19)10-18-15(20)12-4-2-3-5-13(12)23(18,21)22/h2-5,11H,6-10H2,1H3,(H,16,19). The summed E-state index contributed by atoms with van der Waals surface area (Å²) >= 11 is 0. The molecule has 1 aromatic rings. The van der Waals surface area contributed by atoms with Crippen molar-refractivity contribution < 1.29 is 18.0 Å². The summed E-state index contributed by atoms with van der Waals surface area (Å²) in [5, 5.41) is 2.83. The summed E-state index contributed by atoms with van der Waals surface area (Å²) in [5.41, 5.74) is 0.125. The third-order valence-corrected chi connectivity index (χ3v) is 6.07. The molecule has 0 radical (unpaired) electrons. The predicted molar refractivity (Wildman–Crippen MR) is 83.3 cm³/mol. The zero-order valence-electron chi connectivity index (χ0n) is 12.9. The van der Waals surface area contributed by atoms with Crippen LogP contribution in [0.5, 0.6) is 0 Å². The Morgan fingerprint density at radius 1 is 1.26 bits per heavy atom. The Labute approximate surface area is 135 Å². The van der Waals surface area contributed by atoms with Gasteiger partial charge in [-0.05, 0) is 45.1 Å². The van der Waals surface area contributed by atoms with Crippen LogP contribution in [0.2, 0.25) is 0 Å². The lowest BCUT2D eigenvalue weighted by Gasteiger charge is -2.29. The molecule has 23 heavy (non-hydrogen) atoms. The molecular weight excluding hydrogens is 318 g/mol. The number of carbonyl (C=O) groups is 2. The molecule has 2 aliphatic heterocycles. The van der Waals surface area contributed by atoms with E-state index >= 15 is 0 Å². The molecule has 0 atom stereocenters. The molecule has 2 heterocycles. The van der Waals surface area contributed by atoms with Crippen LogP contribution in [0.4, 0.5) is 0 Å². The van der Waals surface area contributed by atoms with Crippen LogP contribution >= 0.6 is 0 Å². The molecule has 1 N–H and O–H groups in total. The molecule has 1 fully saturated rings. The van der Waals surface area contributed by atoms with E-state index in [4.69, 9.17) is 0 Å². The average Bonchev–Trinajstić information content (AvgIpc) is 2.71. The topological polar surface area (TPSA) is 86.8 Å². The van der Waals surface area contributed by atoms with Gasteiger partial charge in [-0.25, -0.2) is 12.7 Å². The van der Waals surface area contributed by atoms with E-state index in [1.807, 2.05) is 7.05 Å². The van der Waals surface area contributed by atoms with Gasteiger partial charge in [-0.1, -0.05) is 12.1 Å². The lowest BCUT2D eigenvalue weighted by atomic mass is 10.1. The molecule has 124 valence electrons. The van der Waals surface area contributed by atoms with Crippen LogP contribution in [-0.2, 0) is 14.8 Å². The molecule has 1 saturated heterocycles. The van der Waals surface area contributed by atoms with E-state index in [1.54, 1.807) is 12.1 Å². The van der Waals surface area contributed by atoms with Crippen molar-refractivity contribution in [3.05, 3.63) is 29.8 Å². The minimum atomic E-state index is -3.93. The molecule has 0 aliphatic carbocycles. The van der Waals surface area contributed by atoms with E-state index in [2.05, 4.69) is 10.2 Å². The number of carbonyl (C=O) groups excluding carboxylic acids is 2. The van der Waals surface area contributed by atoms with Crippen LogP contribution in [-0.4, -0.2) is 62.2 Å². The number of nitrogens with one attached hydrogen (secondary N) is 1. The maximum Gasteiger partial charge on any atom is 0.269 e. The minimum Gasteiger partial charge on any atom is -0.352 e. The van der Waals surface area contributed by atoms with E-state index in [0.717, 1.165) is 25.9 Å². The van der Waals surface area contributed by atoms with Crippen molar-refractivity contribution in [3.63, 3.8) is 0 Å². The van der Waals surface area contributed by atoms with Gasteiger partial charge in [0.2, 0.25) is 5.91 Å². The van der Waals surface area contributed by atoms with Gasteiger partial charge in [-0.3, -0.25) is 9.59 Å². The zero-order valence-corrected chi connectivity index (χ0v) is 13.7. The number of fused-ring (bicyclic) bond motifs is 1. The quantitative estimate of drug-likeness (QED) is 0.842. The van der Waals surface area contributed by atoms with Gasteiger partial charge in [0.25, 0.3) is 15.9 Å². The number of hydrogen-bond acceptors (Lipinski definition) is 5. The lowest BCUT2D eigenvalue weighted by molar-refractivity contribution is -0.122. The predicted octanol–water partition coefficient (Wildman–Crippen LogP) is 0.0415. The second-order valence-corrected chi connectivity index (χ2v) is 7.79. The molecule has 0 spiro atoms. The van der Waals surface area contributed by atoms with Gasteiger partial charge >= 0.3 is 0 Å². The molecule has 0 aromatic heterocycles. The summed E-state index contributed by atoms with van der Waals surface area (Å²) < 4.78 is 25.4. The summed E-state index contributed by atoms with van der Waals surface area (Å²) in [7, 11) is -1.91. The molecule has 2 aliphatic rings. The second-order valence-electron chi connectivity index (χ2n) is 5.96.